The Hall–Kier alpha value is -3.84. The zero-order valence-corrected chi connectivity index (χ0v) is 20.6. The number of hydrogen-bond acceptors (Lipinski definition) is 6. The van der Waals surface area contributed by atoms with E-state index in [1.807, 2.05) is 69.3 Å². The standard InChI is InChI=1S/C28H26N2O4S/c1-4-14-34-28(33)20-10-12-22(13-11-20)30-26(31)24(29-21-16-18(2)15-19(3)17-21)25(27(30)32)35-23-8-6-5-7-9-23/h5-13,15-17,29H,4,14H2,1-3H3. The van der Waals surface area contributed by atoms with Crippen LogP contribution in [0.4, 0.5) is 11.4 Å². The second-order valence-electron chi connectivity index (χ2n) is 8.25. The molecular weight excluding hydrogens is 460 g/mol. The predicted molar refractivity (Wildman–Crippen MR) is 138 cm³/mol. The van der Waals surface area contributed by atoms with Crippen LogP contribution in [0, 0.1) is 13.8 Å². The van der Waals surface area contributed by atoms with Gasteiger partial charge in [0.25, 0.3) is 11.8 Å². The summed E-state index contributed by atoms with van der Waals surface area (Å²) in [6, 6.07) is 21.7. The molecule has 0 bridgehead atoms. The van der Waals surface area contributed by atoms with E-state index in [-0.39, 0.29) is 5.70 Å². The van der Waals surface area contributed by atoms with E-state index in [1.165, 1.54) is 11.8 Å². The summed E-state index contributed by atoms with van der Waals surface area (Å²) in [4.78, 5) is 41.5. The number of nitrogens with zero attached hydrogens (tertiary/aromatic N) is 1. The van der Waals surface area contributed by atoms with E-state index in [4.69, 9.17) is 4.74 Å². The van der Waals surface area contributed by atoms with Gasteiger partial charge in [0.1, 0.15) is 10.6 Å². The van der Waals surface area contributed by atoms with Crippen LogP contribution in [0.5, 0.6) is 0 Å². The Balaban J connectivity index is 1.67. The maximum Gasteiger partial charge on any atom is 0.338 e. The topological polar surface area (TPSA) is 75.7 Å². The Morgan fingerprint density at radius 2 is 1.57 bits per heavy atom. The quantitative estimate of drug-likeness (QED) is 0.318. The van der Waals surface area contributed by atoms with Gasteiger partial charge >= 0.3 is 5.97 Å². The number of benzene rings is 3. The zero-order valence-electron chi connectivity index (χ0n) is 19.8. The number of hydrogen-bond donors (Lipinski definition) is 1. The van der Waals surface area contributed by atoms with Gasteiger partial charge in [-0.15, -0.1) is 0 Å². The Kier molecular flexibility index (Phi) is 7.36. The first-order valence-electron chi connectivity index (χ1n) is 11.4. The van der Waals surface area contributed by atoms with Crippen molar-refractivity contribution in [2.24, 2.45) is 0 Å². The molecule has 1 aliphatic rings. The number of rotatable bonds is 8. The van der Waals surface area contributed by atoms with Crippen molar-refractivity contribution < 1.29 is 19.1 Å². The van der Waals surface area contributed by atoms with Crippen molar-refractivity contribution in [2.75, 3.05) is 16.8 Å². The molecule has 0 atom stereocenters. The molecule has 0 spiro atoms. The van der Waals surface area contributed by atoms with Crippen molar-refractivity contribution in [1.82, 2.24) is 0 Å². The second kappa shape index (κ2) is 10.6. The molecule has 35 heavy (non-hydrogen) atoms. The minimum atomic E-state index is -0.450. The molecule has 7 heteroatoms. The van der Waals surface area contributed by atoms with Gasteiger partial charge < -0.3 is 10.1 Å². The molecule has 3 aromatic rings. The number of esters is 1. The van der Waals surface area contributed by atoms with Crippen LogP contribution < -0.4 is 10.2 Å². The van der Waals surface area contributed by atoms with E-state index in [0.29, 0.717) is 22.8 Å². The van der Waals surface area contributed by atoms with Gasteiger partial charge in [0.05, 0.1) is 17.9 Å². The Bertz CT molecular complexity index is 1280. The number of anilines is 2. The van der Waals surface area contributed by atoms with Gasteiger partial charge in [-0.2, -0.15) is 0 Å². The Morgan fingerprint density at radius 1 is 0.914 bits per heavy atom. The van der Waals surface area contributed by atoms with Gasteiger partial charge in [0.2, 0.25) is 0 Å². The summed E-state index contributed by atoms with van der Waals surface area (Å²) in [5, 5.41) is 3.20. The summed E-state index contributed by atoms with van der Waals surface area (Å²) >= 11 is 1.25. The van der Waals surface area contributed by atoms with Gasteiger partial charge in [-0.05, 0) is 79.9 Å². The van der Waals surface area contributed by atoms with Gasteiger partial charge in [-0.3, -0.25) is 9.59 Å². The number of nitrogens with one attached hydrogen (secondary N) is 1. The lowest BCUT2D eigenvalue weighted by Gasteiger charge is -2.16. The van der Waals surface area contributed by atoms with Crippen LogP contribution >= 0.6 is 11.8 Å². The van der Waals surface area contributed by atoms with Crippen molar-refractivity contribution in [3.8, 4) is 0 Å². The molecule has 0 fully saturated rings. The van der Waals surface area contributed by atoms with Crippen LogP contribution in [0.15, 0.2) is 88.3 Å². The van der Waals surface area contributed by atoms with E-state index in [9.17, 15) is 14.4 Å². The molecule has 0 unspecified atom stereocenters. The molecule has 0 saturated heterocycles. The van der Waals surface area contributed by atoms with E-state index in [0.717, 1.165) is 33.0 Å². The van der Waals surface area contributed by atoms with Crippen molar-refractivity contribution in [2.45, 2.75) is 32.1 Å². The SMILES string of the molecule is CCCOC(=O)c1ccc(N2C(=O)C(Nc3cc(C)cc(C)c3)=C(Sc3ccccc3)C2=O)cc1. The monoisotopic (exact) mass is 486 g/mol. The largest absolute Gasteiger partial charge is 0.462 e. The highest BCUT2D eigenvalue weighted by Crippen LogP contribution is 2.38. The van der Waals surface area contributed by atoms with Gasteiger partial charge in [-0.25, -0.2) is 9.69 Å². The second-order valence-corrected chi connectivity index (χ2v) is 9.33. The van der Waals surface area contributed by atoms with Gasteiger partial charge in [0, 0.05) is 10.6 Å². The van der Waals surface area contributed by atoms with E-state index in [2.05, 4.69) is 5.32 Å². The molecule has 0 aliphatic carbocycles. The van der Waals surface area contributed by atoms with E-state index in [1.54, 1.807) is 24.3 Å². The summed E-state index contributed by atoms with van der Waals surface area (Å²) in [5.41, 5.74) is 3.80. The maximum atomic E-state index is 13.5. The molecular formula is C28H26N2O4S. The fourth-order valence-electron chi connectivity index (χ4n) is 3.77. The lowest BCUT2D eigenvalue weighted by Crippen LogP contribution is -2.32. The highest BCUT2D eigenvalue weighted by molar-refractivity contribution is 8.04. The minimum absolute atomic E-state index is 0.222. The molecule has 1 N–H and O–H groups in total. The number of carbonyl (C=O) groups is 3. The smallest absolute Gasteiger partial charge is 0.338 e. The van der Waals surface area contributed by atoms with Gasteiger partial charge in [0.15, 0.2) is 0 Å². The van der Waals surface area contributed by atoms with Crippen molar-refractivity contribution >= 4 is 40.9 Å². The normalized spacial score (nSPS) is 13.4. The first-order valence-corrected chi connectivity index (χ1v) is 12.2. The van der Waals surface area contributed by atoms with Gasteiger partial charge in [-0.1, -0.05) is 43.0 Å². The molecule has 3 aromatic carbocycles. The number of aryl methyl sites for hydroxylation is 2. The number of ether oxygens (including phenoxy) is 1. The fourth-order valence-corrected chi connectivity index (χ4v) is 4.72. The van der Waals surface area contributed by atoms with Crippen LogP contribution in [0.2, 0.25) is 0 Å². The molecule has 0 radical (unpaired) electrons. The highest BCUT2D eigenvalue weighted by Gasteiger charge is 2.40. The first-order chi connectivity index (χ1) is 16.9. The zero-order chi connectivity index (χ0) is 24.9. The predicted octanol–water partition coefficient (Wildman–Crippen LogP) is 5.86. The number of thioether (sulfide) groups is 1. The van der Waals surface area contributed by atoms with Crippen molar-refractivity contribution in [1.29, 1.82) is 0 Å². The summed E-state index contributed by atoms with van der Waals surface area (Å²) < 4.78 is 5.16. The molecule has 1 aliphatic heterocycles. The third-order valence-electron chi connectivity index (χ3n) is 5.29. The maximum absolute atomic E-state index is 13.5. The third-order valence-corrected chi connectivity index (χ3v) is 6.38. The third kappa shape index (κ3) is 5.46. The molecule has 6 nitrogen and oxygen atoms in total. The number of imide groups is 1. The molecule has 0 aromatic heterocycles. The number of carbonyl (C=O) groups excluding carboxylic acids is 3. The Morgan fingerprint density at radius 3 is 2.20 bits per heavy atom. The summed E-state index contributed by atoms with van der Waals surface area (Å²) in [6.45, 7) is 6.21. The van der Waals surface area contributed by atoms with Crippen LogP contribution in [0.1, 0.15) is 34.8 Å². The average molecular weight is 487 g/mol. The van der Waals surface area contributed by atoms with Crippen LogP contribution in [0.3, 0.4) is 0 Å². The van der Waals surface area contributed by atoms with Crippen LogP contribution in [-0.2, 0) is 14.3 Å². The molecule has 4 rings (SSSR count). The van der Waals surface area contributed by atoms with Crippen LogP contribution in [-0.4, -0.2) is 24.4 Å². The van der Waals surface area contributed by atoms with E-state index < -0.39 is 17.8 Å². The summed E-state index contributed by atoms with van der Waals surface area (Å²) in [6.07, 6.45) is 0.727. The van der Waals surface area contributed by atoms with Crippen molar-refractivity contribution in [3.63, 3.8) is 0 Å². The molecule has 1 heterocycles. The fraction of sp³-hybridized carbons (Fsp3) is 0.179. The van der Waals surface area contributed by atoms with Crippen LogP contribution in [0.25, 0.3) is 0 Å². The van der Waals surface area contributed by atoms with Crippen molar-refractivity contribution in [3.05, 3.63) is 100 Å². The molecule has 2 amide bonds. The summed E-state index contributed by atoms with van der Waals surface area (Å²) in [5.74, 6) is -1.31. The highest BCUT2D eigenvalue weighted by atomic mass is 32.2. The molecule has 0 saturated carbocycles. The van der Waals surface area contributed by atoms with E-state index >= 15 is 0 Å². The minimum Gasteiger partial charge on any atom is -0.462 e. The lowest BCUT2D eigenvalue weighted by molar-refractivity contribution is -0.120. The molecule has 178 valence electrons. The Labute approximate surface area is 209 Å². The number of amides is 2. The first kappa shape index (κ1) is 24.3. The lowest BCUT2D eigenvalue weighted by atomic mass is 10.1. The summed E-state index contributed by atoms with van der Waals surface area (Å²) in [7, 11) is 0. The average Bonchev–Trinajstić information content (AvgIpc) is 3.06.